The molecule has 2 amide bonds. The van der Waals surface area contributed by atoms with E-state index in [1.54, 1.807) is 12.3 Å². The lowest BCUT2D eigenvalue weighted by Gasteiger charge is -2.06. The third-order valence-corrected chi connectivity index (χ3v) is 2.21. The summed E-state index contributed by atoms with van der Waals surface area (Å²) in [4.78, 5) is 22.7. The van der Waals surface area contributed by atoms with Crippen molar-refractivity contribution in [1.29, 1.82) is 0 Å². The largest absolute Gasteiger partial charge is 0.382 e. The molecule has 0 aliphatic heterocycles. The minimum atomic E-state index is -0.193. The molecule has 1 aromatic heterocycles. The smallest absolute Gasteiger partial charge is 0.241 e. The number of rotatable bonds is 7. The molecule has 0 fully saturated rings. The molecule has 4 N–H and O–H groups in total. The number of carbonyl (C=O) groups excluding carboxylic acids is 2. The molecule has 0 unspecified atom stereocenters. The Bertz CT molecular complexity index is 402. The molecule has 7 heteroatoms. The Labute approximate surface area is 106 Å². The van der Waals surface area contributed by atoms with Gasteiger partial charge in [0.05, 0.1) is 0 Å². The number of nitrogens with one attached hydrogen (secondary N) is 2. The fourth-order valence-corrected chi connectivity index (χ4v) is 1.34. The third-order valence-electron chi connectivity index (χ3n) is 2.21. The molecule has 0 radical (unpaired) electrons. The lowest BCUT2D eigenvalue weighted by molar-refractivity contribution is -0.122. The Balaban J connectivity index is 2.15. The van der Waals surface area contributed by atoms with Crippen LogP contribution in [0.3, 0.4) is 0 Å². The summed E-state index contributed by atoms with van der Waals surface area (Å²) in [6.45, 7) is 3.08. The van der Waals surface area contributed by atoms with Gasteiger partial charge in [-0.05, 0) is 12.5 Å². The molecule has 0 aliphatic rings. The predicted octanol–water partition coefficient (Wildman–Crippen LogP) is -0.502. The third kappa shape index (κ3) is 5.33. The molecule has 0 spiro atoms. The summed E-state index contributed by atoms with van der Waals surface area (Å²) in [5.41, 5.74) is 5.42. The van der Waals surface area contributed by atoms with Crippen LogP contribution >= 0.6 is 0 Å². The Morgan fingerprint density at radius 3 is 2.67 bits per heavy atom. The van der Waals surface area contributed by atoms with E-state index in [2.05, 4.69) is 15.7 Å². The molecule has 1 heterocycles. The minimum Gasteiger partial charge on any atom is -0.382 e. The average Bonchev–Trinajstić information content (AvgIpc) is 2.72. The summed E-state index contributed by atoms with van der Waals surface area (Å²) < 4.78 is 1.45. The number of hydrogen-bond donors (Lipinski definition) is 3. The van der Waals surface area contributed by atoms with Gasteiger partial charge in [0.15, 0.2) is 0 Å². The van der Waals surface area contributed by atoms with E-state index in [-0.39, 0.29) is 24.8 Å². The summed E-state index contributed by atoms with van der Waals surface area (Å²) in [5.74, 6) is 0.128. The summed E-state index contributed by atoms with van der Waals surface area (Å²) in [6.07, 6.45) is 2.81. The molecule has 7 nitrogen and oxygen atoms in total. The number of hydrogen-bond acceptors (Lipinski definition) is 4. The average molecular weight is 253 g/mol. The van der Waals surface area contributed by atoms with Gasteiger partial charge >= 0.3 is 0 Å². The SMILES string of the molecule is CCCNC(=O)CCNC(=O)Cn1ccc(N)n1. The van der Waals surface area contributed by atoms with Crippen molar-refractivity contribution in [3.8, 4) is 0 Å². The quantitative estimate of drug-likeness (QED) is 0.609. The normalized spacial score (nSPS) is 10.1. The van der Waals surface area contributed by atoms with Crippen molar-refractivity contribution in [3.63, 3.8) is 0 Å². The fraction of sp³-hybridized carbons (Fsp3) is 0.545. The number of carbonyl (C=O) groups is 2. The lowest BCUT2D eigenvalue weighted by Crippen LogP contribution is -2.32. The van der Waals surface area contributed by atoms with Crippen molar-refractivity contribution in [2.75, 3.05) is 18.8 Å². The van der Waals surface area contributed by atoms with Gasteiger partial charge in [-0.3, -0.25) is 14.3 Å². The second kappa shape index (κ2) is 7.31. The first-order valence-corrected chi connectivity index (χ1v) is 5.94. The van der Waals surface area contributed by atoms with Crippen molar-refractivity contribution in [2.45, 2.75) is 26.3 Å². The van der Waals surface area contributed by atoms with Crippen LogP contribution in [0.15, 0.2) is 12.3 Å². The van der Waals surface area contributed by atoms with Gasteiger partial charge in [-0.15, -0.1) is 0 Å². The van der Waals surface area contributed by atoms with E-state index in [4.69, 9.17) is 5.73 Å². The van der Waals surface area contributed by atoms with Crippen LogP contribution in [0.25, 0.3) is 0 Å². The zero-order valence-electron chi connectivity index (χ0n) is 10.5. The predicted molar refractivity (Wildman–Crippen MR) is 67.6 cm³/mol. The van der Waals surface area contributed by atoms with Gasteiger partial charge in [-0.25, -0.2) is 0 Å². The highest BCUT2D eigenvalue weighted by atomic mass is 16.2. The molecule has 0 saturated carbocycles. The van der Waals surface area contributed by atoms with Crippen LogP contribution in [-0.2, 0) is 16.1 Å². The van der Waals surface area contributed by atoms with Gasteiger partial charge in [0.2, 0.25) is 11.8 Å². The Morgan fingerprint density at radius 1 is 1.33 bits per heavy atom. The summed E-state index contributed by atoms with van der Waals surface area (Å²) in [6, 6.07) is 1.62. The maximum Gasteiger partial charge on any atom is 0.241 e. The highest BCUT2D eigenvalue weighted by Crippen LogP contribution is 1.94. The summed E-state index contributed by atoms with van der Waals surface area (Å²) in [7, 11) is 0. The fourth-order valence-electron chi connectivity index (χ4n) is 1.34. The molecule has 18 heavy (non-hydrogen) atoms. The molecule has 0 bridgehead atoms. The zero-order chi connectivity index (χ0) is 13.4. The first-order chi connectivity index (χ1) is 8.61. The van der Waals surface area contributed by atoms with Gasteiger partial charge in [0.1, 0.15) is 12.4 Å². The van der Waals surface area contributed by atoms with Crippen LogP contribution in [0.4, 0.5) is 5.82 Å². The highest BCUT2D eigenvalue weighted by Gasteiger charge is 2.05. The van der Waals surface area contributed by atoms with Crippen LogP contribution in [0.5, 0.6) is 0 Å². The molecule has 0 aromatic carbocycles. The number of anilines is 1. The van der Waals surface area contributed by atoms with E-state index >= 15 is 0 Å². The molecule has 100 valence electrons. The van der Waals surface area contributed by atoms with Crippen LogP contribution in [0, 0.1) is 0 Å². The standard InChI is InChI=1S/C11H19N5O2/c1-2-5-13-10(17)3-6-14-11(18)8-16-7-4-9(12)15-16/h4,7H,2-3,5-6,8H2,1H3,(H2,12,15)(H,13,17)(H,14,18). The number of aromatic nitrogens is 2. The number of nitrogens with zero attached hydrogens (tertiary/aromatic N) is 2. The van der Waals surface area contributed by atoms with Crippen LogP contribution in [-0.4, -0.2) is 34.7 Å². The van der Waals surface area contributed by atoms with E-state index in [1.807, 2.05) is 6.92 Å². The first-order valence-electron chi connectivity index (χ1n) is 5.94. The Hall–Kier alpha value is -2.05. The van der Waals surface area contributed by atoms with Crippen molar-refractivity contribution in [1.82, 2.24) is 20.4 Å². The maximum absolute atomic E-state index is 11.5. The van der Waals surface area contributed by atoms with E-state index < -0.39 is 0 Å². The van der Waals surface area contributed by atoms with Gasteiger partial charge in [-0.2, -0.15) is 5.10 Å². The molecule has 0 saturated heterocycles. The second-order valence-electron chi connectivity index (χ2n) is 3.89. The topological polar surface area (TPSA) is 102 Å². The van der Waals surface area contributed by atoms with Crippen LogP contribution in [0.1, 0.15) is 19.8 Å². The lowest BCUT2D eigenvalue weighted by atomic mass is 10.3. The number of nitrogen functional groups attached to an aromatic ring is 1. The van der Waals surface area contributed by atoms with E-state index in [0.717, 1.165) is 6.42 Å². The van der Waals surface area contributed by atoms with E-state index in [1.165, 1.54) is 4.68 Å². The monoisotopic (exact) mass is 253 g/mol. The minimum absolute atomic E-state index is 0.0551. The van der Waals surface area contributed by atoms with E-state index in [0.29, 0.717) is 18.9 Å². The zero-order valence-corrected chi connectivity index (χ0v) is 10.5. The second-order valence-corrected chi connectivity index (χ2v) is 3.89. The van der Waals surface area contributed by atoms with Gasteiger partial charge < -0.3 is 16.4 Å². The van der Waals surface area contributed by atoms with Crippen molar-refractivity contribution >= 4 is 17.6 Å². The molecule has 1 aromatic rings. The molecule has 0 atom stereocenters. The highest BCUT2D eigenvalue weighted by molar-refractivity contribution is 5.78. The molecular weight excluding hydrogens is 234 g/mol. The van der Waals surface area contributed by atoms with Crippen molar-refractivity contribution < 1.29 is 9.59 Å². The van der Waals surface area contributed by atoms with Crippen LogP contribution in [0.2, 0.25) is 0 Å². The van der Waals surface area contributed by atoms with Crippen LogP contribution < -0.4 is 16.4 Å². The molecular formula is C11H19N5O2. The summed E-state index contributed by atoms with van der Waals surface area (Å²) in [5, 5.41) is 9.27. The van der Waals surface area contributed by atoms with E-state index in [9.17, 15) is 9.59 Å². The Kier molecular flexibility index (Phi) is 5.69. The van der Waals surface area contributed by atoms with Gasteiger partial charge in [0.25, 0.3) is 0 Å². The molecule has 1 rings (SSSR count). The number of amides is 2. The first kappa shape index (κ1) is 14.0. The maximum atomic E-state index is 11.5. The molecule has 0 aliphatic carbocycles. The number of nitrogens with two attached hydrogens (primary N) is 1. The van der Waals surface area contributed by atoms with Gasteiger partial charge in [0, 0.05) is 25.7 Å². The van der Waals surface area contributed by atoms with Crippen molar-refractivity contribution in [2.24, 2.45) is 0 Å². The van der Waals surface area contributed by atoms with Crippen molar-refractivity contribution in [3.05, 3.63) is 12.3 Å². The Morgan fingerprint density at radius 2 is 2.06 bits per heavy atom. The summed E-state index contributed by atoms with van der Waals surface area (Å²) >= 11 is 0. The van der Waals surface area contributed by atoms with Gasteiger partial charge in [-0.1, -0.05) is 6.92 Å².